The summed E-state index contributed by atoms with van der Waals surface area (Å²) in [5, 5.41) is 16.5. The SMILES string of the molecule is CCc1cc(C)cc(N2N=C3C=CC=CC3N2)c1O. The quantitative estimate of drug-likeness (QED) is 0.853. The van der Waals surface area contributed by atoms with Gasteiger partial charge in [0, 0.05) is 0 Å². The van der Waals surface area contributed by atoms with Gasteiger partial charge in [0.2, 0.25) is 0 Å². The Bertz CT molecular complexity index is 602. The number of hydrazone groups is 1. The van der Waals surface area contributed by atoms with Crippen LogP contribution in [0.1, 0.15) is 18.1 Å². The van der Waals surface area contributed by atoms with Crippen LogP contribution < -0.4 is 10.5 Å². The second kappa shape index (κ2) is 4.55. The van der Waals surface area contributed by atoms with E-state index in [9.17, 15) is 5.11 Å². The molecule has 0 radical (unpaired) electrons. The van der Waals surface area contributed by atoms with E-state index in [2.05, 4.69) is 10.5 Å². The van der Waals surface area contributed by atoms with Crippen LogP contribution in [0, 0.1) is 6.92 Å². The third-order valence-electron chi connectivity index (χ3n) is 3.40. The van der Waals surface area contributed by atoms with E-state index in [0.29, 0.717) is 11.4 Å². The van der Waals surface area contributed by atoms with Gasteiger partial charge in [-0.15, -0.1) is 0 Å². The molecule has 1 aromatic rings. The summed E-state index contributed by atoms with van der Waals surface area (Å²) in [7, 11) is 0. The third kappa shape index (κ3) is 2.04. The first-order valence-corrected chi connectivity index (χ1v) is 6.51. The van der Waals surface area contributed by atoms with Gasteiger partial charge in [0.05, 0.1) is 11.8 Å². The molecule has 0 saturated heterocycles. The molecule has 2 N–H and O–H groups in total. The maximum absolute atomic E-state index is 10.3. The molecular formula is C15H17N3O. The lowest BCUT2D eigenvalue weighted by atomic mass is 10.1. The molecular weight excluding hydrogens is 238 g/mol. The molecule has 0 spiro atoms. The highest BCUT2D eigenvalue weighted by Crippen LogP contribution is 2.33. The van der Waals surface area contributed by atoms with Crippen LogP contribution in [-0.2, 0) is 6.42 Å². The fraction of sp³-hybridized carbons (Fsp3) is 0.267. The van der Waals surface area contributed by atoms with E-state index in [0.717, 1.165) is 23.3 Å². The molecule has 1 aliphatic heterocycles. The second-order valence-corrected chi connectivity index (χ2v) is 4.83. The van der Waals surface area contributed by atoms with Crippen LogP contribution in [0.3, 0.4) is 0 Å². The highest BCUT2D eigenvalue weighted by Gasteiger charge is 2.26. The van der Waals surface area contributed by atoms with Gasteiger partial charge in [0.15, 0.2) is 0 Å². The van der Waals surface area contributed by atoms with Gasteiger partial charge in [-0.1, -0.05) is 31.2 Å². The van der Waals surface area contributed by atoms with Gasteiger partial charge < -0.3 is 5.11 Å². The first-order valence-electron chi connectivity index (χ1n) is 6.51. The van der Waals surface area contributed by atoms with E-state index in [1.165, 1.54) is 0 Å². The fourth-order valence-electron chi connectivity index (χ4n) is 2.40. The van der Waals surface area contributed by atoms with E-state index < -0.39 is 0 Å². The minimum absolute atomic E-state index is 0.0926. The Kier molecular flexibility index (Phi) is 2.87. The van der Waals surface area contributed by atoms with Crippen LogP contribution in [-0.4, -0.2) is 16.9 Å². The Morgan fingerprint density at radius 3 is 2.95 bits per heavy atom. The normalized spacial score (nSPS) is 20.6. The molecule has 4 nitrogen and oxygen atoms in total. The minimum Gasteiger partial charge on any atom is -0.505 e. The molecule has 1 aliphatic carbocycles. The van der Waals surface area contributed by atoms with Crippen molar-refractivity contribution in [3.05, 3.63) is 47.6 Å². The first-order chi connectivity index (χ1) is 9.19. The van der Waals surface area contributed by atoms with E-state index in [4.69, 9.17) is 0 Å². The van der Waals surface area contributed by atoms with Crippen molar-refractivity contribution in [2.75, 3.05) is 5.12 Å². The molecule has 98 valence electrons. The number of nitrogens with one attached hydrogen (secondary N) is 1. The molecule has 19 heavy (non-hydrogen) atoms. The van der Waals surface area contributed by atoms with E-state index in [-0.39, 0.29) is 6.04 Å². The summed E-state index contributed by atoms with van der Waals surface area (Å²) in [6.45, 7) is 4.06. The topological polar surface area (TPSA) is 47.9 Å². The number of aryl methyl sites for hydroxylation is 2. The number of hydrogen-bond donors (Lipinski definition) is 2. The number of aromatic hydroxyl groups is 1. The van der Waals surface area contributed by atoms with Gasteiger partial charge in [0.1, 0.15) is 11.4 Å². The average molecular weight is 255 g/mol. The molecule has 1 unspecified atom stereocenters. The summed E-state index contributed by atoms with van der Waals surface area (Å²) in [4.78, 5) is 0. The van der Waals surface area contributed by atoms with Crippen molar-refractivity contribution in [3.8, 4) is 5.75 Å². The van der Waals surface area contributed by atoms with Crippen LogP contribution in [0.15, 0.2) is 41.5 Å². The molecule has 1 heterocycles. The largest absolute Gasteiger partial charge is 0.505 e. The number of phenolic OH excluding ortho intramolecular Hbond substituents is 1. The van der Waals surface area contributed by atoms with Crippen molar-refractivity contribution in [1.29, 1.82) is 0 Å². The Morgan fingerprint density at radius 1 is 1.37 bits per heavy atom. The van der Waals surface area contributed by atoms with Crippen LogP contribution in [0.2, 0.25) is 0 Å². The number of rotatable bonds is 2. The van der Waals surface area contributed by atoms with Crippen molar-refractivity contribution in [1.82, 2.24) is 5.43 Å². The molecule has 0 bridgehead atoms. The molecule has 0 amide bonds. The predicted molar refractivity (Wildman–Crippen MR) is 77.3 cm³/mol. The molecule has 0 saturated carbocycles. The number of hydrazine groups is 1. The maximum atomic E-state index is 10.3. The lowest BCUT2D eigenvalue weighted by Gasteiger charge is -2.19. The van der Waals surface area contributed by atoms with Gasteiger partial charge in [-0.05, 0) is 36.6 Å². The lowest BCUT2D eigenvalue weighted by Crippen LogP contribution is -2.37. The van der Waals surface area contributed by atoms with Crippen LogP contribution in [0.25, 0.3) is 0 Å². The summed E-state index contributed by atoms with van der Waals surface area (Å²) in [6, 6.07) is 4.04. The number of allylic oxidation sites excluding steroid dienone is 2. The van der Waals surface area contributed by atoms with Gasteiger partial charge in [-0.25, -0.2) is 0 Å². The van der Waals surface area contributed by atoms with Crippen LogP contribution >= 0.6 is 0 Å². The monoisotopic (exact) mass is 255 g/mol. The fourth-order valence-corrected chi connectivity index (χ4v) is 2.40. The van der Waals surface area contributed by atoms with Crippen molar-refractivity contribution < 1.29 is 5.11 Å². The summed E-state index contributed by atoms with van der Waals surface area (Å²) < 4.78 is 0. The number of anilines is 1. The summed E-state index contributed by atoms with van der Waals surface area (Å²) in [5.41, 5.74) is 6.99. The number of nitrogens with zero attached hydrogens (tertiary/aromatic N) is 2. The molecule has 1 atom stereocenters. The average Bonchev–Trinajstić information content (AvgIpc) is 2.84. The Labute approximate surface area is 112 Å². The van der Waals surface area contributed by atoms with Gasteiger partial charge >= 0.3 is 0 Å². The summed E-state index contributed by atoms with van der Waals surface area (Å²) in [6.07, 6.45) is 8.79. The molecule has 0 aromatic heterocycles. The zero-order valence-electron chi connectivity index (χ0n) is 11.1. The molecule has 0 fully saturated rings. The number of phenols is 1. The molecule has 3 rings (SSSR count). The number of fused-ring (bicyclic) bond motifs is 1. The molecule has 2 aliphatic rings. The molecule has 4 heteroatoms. The van der Waals surface area contributed by atoms with Crippen molar-refractivity contribution >= 4 is 11.4 Å². The van der Waals surface area contributed by atoms with Crippen LogP contribution in [0.5, 0.6) is 5.75 Å². The molecule has 1 aromatic carbocycles. The standard InChI is InChI=1S/C15H17N3O/c1-3-11-8-10(2)9-14(15(11)19)18-16-12-6-4-5-7-13(12)17-18/h4-9,12,16,19H,3H2,1-2H3. The zero-order chi connectivity index (χ0) is 13.4. The Hall–Kier alpha value is -2.07. The predicted octanol–water partition coefficient (Wildman–Crippen LogP) is 2.44. The van der Waals surface area contributed by atoms with Gasteiger partial charge in [0.25, 0.3) is 0 Å². The van der Waals surface area contributed by atoms with E-state index in [1.807, 2.05) is 50.3 Å². The smallest absolute Gasteiger partial charge is 0.145 e. The van der Waals surface area contributed by atoms with Gasteiger partial charge in [-0.3, -0.25) is 0 Å². The summed E-state index contributed by atoms with van der Waals surface area (Å²) in [5.74, 6) is 0.302. The van der Waals surface area contributed by atoms with Crippen molar-refractivity contribution in [2.45, 2.75) is 26.3 Å². The number of benzene rings is 1. The second-order valence-electron chi connectivity index (χ2n) is 4.83. The number of hydrogen-bond acceptors (Lipinski definition) is 4. The summed E-state index contributed by atoms with van der Waals surface area (Å²) >= 11 is 0. The third-order valence-corrected chi connectivity index (χ3v) is 3.40. The van der Waals surface area contributed by atoms with Crippen molar-refractivity contribution in [3.63, 3.8) is 0 Å². The lowest BCUT2D eigenvalue weighted by molar-refractivity contribution is 0.465. The van der Waals surface area contributed by atoms with Crippen molar-refractivity contribution in [2.24, 2.45) is 5.10 Å². The van der Waals surface area contributed by atoms with E-state index in [1.54, 1.807) is 5.12 Å². The Morgan fingerprint density at radius 2 is 2.21 bits per heavy atom. The maximum Gasteiger partial charge on any atom is 0.145 e. The van der Waals surface area contributed by atoms with E-state index >= 15 is 0 Å². The zero-order valence-corrected chi connectivity index (χ0v) is 11.1. The first kappa shape index (κ1) is 12.0. The highest BCUT2D eigenvalue weighted by molar-refractivity contribution is 6.03. The minimum atomic E-state index is 0.0926. The Balaban J connectivity index is 2.00. The highest BCUT2D eigenvalue weighted by atomic mass is 16.3. The van der Waals surface area contributed by atoms with Crippen LogP contribution in [0.4, 0.5) is 5.69 Å². The van der Waals surface area contributed by atoms with Gasteiger partial charge in [-0.2, -0.15) is 15.6 Å².